The Morgan fingerprint density at radius 2 is 2.12 bits per heavy atom. The fraction of sp³-hybridized carbons (Fsp3) is 0.111. The Balaban J connectivity index is 2.88. The molecular weight excluding hydrogens is 248 g/mol. The Bertz CT molecular complexity index is 538. The van der Waals surface area contributed by atoms with Gasteiger partial charge >= 0.3 is 5.97 Å². The minimum atomic E-state index is -3.85. The van der Waals surface area contributed by atoms with Gasteiger partial charge in [-0.1, -0.05) is 23.4 Å². The van der Waals surface area contributed by atoms with Crippen LogP contribution < -0.4 is 5.14 Å². The van der Waals surface area contributed by atoms with E-state index < -0.39 is 22.6 Å². The van der Waals surface area contributed by atoms with E-state index in [1.807, 2.05) is 0 Å². The number of hydrogen-bond donors (Lipinski definition) is 2. The molecule has 7 nitrogen and oxygen atoms in total. The molecule has 1 aromatic carbocycles. The second-order valence-electron chi connectivity index (χ2n) is 2.98. The van der Waals surface area contributed by atoms with Crippen LogP contribution in [0.5, 0.6) is 0 Å². The molecule has 0 amide bonds. The highest BCUT2D eigenvalue weighted by Crippen LogP contribution is 2.11. The van der Waals surface area contributed by atoms with Gasteiger partial charge in [0.1, 0.15) is 0 Å². The van der Waals surface area contributed by atoms with Crippen molar-refractivity contribution in [2.24, 2.45) is 10.3 Å². The molecule has 0 spiro atoms. The standard InChI is InChI=1S/C9H10N2O5S/c10-17(14,15)8-4-2-1-3-7(8)5-11-16-6-9(12)13/h1-5H,6H2,(H,12,13)(H2,10,14,15)/b11-5+. The maximum atomic E-state index is 11.2. The van der Waals surface area contributed by atoms with Crippen LogP contribution in [0.25, 0.3) is 0 Å². The van der Waals surface area contributed by atoms with Crippen molar-refractivity contribution in [3.63, 3.8) is 0 Å². The zero-order valence-electron chi connectivity index (χ0n) is 8.61. The van der Waals surface area contributed by atoms with Crippen molar-refractivity contribution in [3.8, 4) is 0 Å². The van der Waals surface area contributed by atoms with Crippen LogP contribution in [0.4, 0.5) is 0 Å². The molecule has 0 bridgehead atoms. The van der Waals surface area contributed by atoms with E-state index in [9.17, 15) is 13.2 Å². The number of rotatable bonds is 5. The minimum Gasteiger partial charge on any atom is -0.479 e. The first kappa shape index (κ1) is 13.1. The van der Waals surface area contributed by atoms with Crippen LogP contribution in [0.15, 0.2) is 34.3 Å². The molecule has 92 valence electrons. The summed E-state index contributed by atoms with van der Waals surface area (Å²) >= 11 is 0. The molecule has 0 saturated heterocycles. The Morgan fingerprint density at radius 3 is 2.71 bits per heavy atom. The number of benzene rings is 1. The summed E-state index contributed by atoms with van der Waals surface area (Å²) in [5.41, 5.74) is 0.223. The molecule has 0 radical (unpaired) electrons. The maximum Gasteiger partial charge on any atom is 0.344 e. The number of oxime groups is 1. The van der Waals surface area contributed by atoms with Crippen LogP contribution in [-0.4, -0.2) is 32.3 Å². The molecule has 0 saturated carbocycles. The Kier molecular flexibility index (Phi) is 4.18. The van der Waals surface area contributed by atoms with Gasteiger partial charge < -0.3 is 9.94 Å². The van der Waals surface area contributed by atoms with E-state index in [1.54, 1.807) is 6.07 Å². The summed E-state index contributed by atoms with van der Waals surface area (Å²) < 4.78 is 22.4. The molecular formula is C9H10N2O5S. The largest absolute Gasteiger partial charge is 0.479 e. The van der Waals surface area contributed by atoms with Crippen molar-refractivity contribution >= 4 is 22.2 Å². The van der Waals surface area contributed by atoms with Crippen LogP contribution >= 0.6 is 0 Å². The SMILES string of the molecule is NS(=O)(=O)c1ccccc1/C=N/OCC(=O)O. The number of nitrogens with two attached hydrogens (primary N) is 1. The molecule has 3 N–H and O–H groups in total. The van der Waals surface area contributed by atoms with E-state index in [0.29, 0.717) is 0 Å². The predicted molar refractivity (Wildman–Crippen MR) is 59.0 cm³/mol. The monoisotopic (exact) mass is 258 g/mol. The number of carbonyl (C=O) groups is 1. The van der Waals surface area contributed by atoms with Crippen molar-refractivity contribution in [1.29, 1.82) is 0 Å². The number of sulfonamides is 1. The van der Waals surface area contributed by atoms with Gasteiger partial charge in [0.25, 0.3) is 0 Å². The zero-order valence-corrected chi connectivity index (χ0v) is 9.42. The third-order valence-corrected chi connectivity index (χ3v) is 2.66. The Hall–Kier alpha value is -1.93. The van der Waals surface area contributed by atoms with Crippen LogP contribution in [-0.2, 0) is 19.7 Å². The van der Waals surface area contributed by atoms with E-state index in [2.05, 4.69) is 9.99 Å². The number of carboxylic acids is 1. The van der Waals surface area contributed by atoms with E-state index in [1.165, 1.54) is 18.2 Å². The highest BCUT2D eigenvalue weighted by Gasteiger charge is 2.11. The van der Waals surface area contributed by atoms with Crippen LogP contribution in [0, 0.1) is 0 Å². The van der Waals surface area contributed by atoms with Crippen molar-refractivity contribution < 1.29 is 23.2 Å². The molecule has 0 aliphatic rings. The summed E-state index contributed by atoms with van der Waals surface area (Å²) in [5, 5.41) is 16.6. The quantitative estimate of drug-likeness (QED) is 0.558. The normalized spacial score (nSPS) is 11.6. The molecule has 1 aromatic rings. The molecule has 0 atom stereocenters. The summed E-state index contributed by atoms with van der Waals surface area (Å²) in [4.78, 5) is 14.4. The number of primary sulfonamides is 1. The first-order valence-electron chi connectivity index (χ1n) is 4.40. The highest BCUT2D eigenvalue weighted by molar-refractivity contribution is 7.89. The number of nitrogens with zero attached hydrogens (tertiary/aromatic N) is 1. The summed E-state index contributed by atoms with van der Waals surface area (Å²) in [5.74, 6) is -1.18. The minimum absolute atomic E-state index is 0.109. The van der Waals surface area contributed by atoms with Gasteiger partial charge in [0.05, 0.1) is 11.1 Å². The molecule has 1 rings (SSSR count). The van der Waals surface area contributed by atoms with E-state index in [-0.39, 0.29) is 10.5 Å². The lowest BCUT2D eigenvalue weighted by molar-refractivity contribution is -0.142. The molecule has 0 heterocycles. The number of carboxylic acid groups (broad SMARTS) is 1. The number of hydrogen-bond acceptors (Lipinski definition) is 5. The zero-order chi connectivity index (χ0) is 12.9. The molecule has 0 aliphatic heterocycles. The van der Waals surface area contributed by atoms with Gasteiger partial charge in [-0.2, -0.15) is 0 Å². The Labute approximate surface area is 97.5 Å². The topological polar surface area (TPSA) is 119 Å². The van der Waals surface area contributed by atoms with Gasteiger partial charge in [-0.05, 0) is 6.07 Å². The Morgan fingerprint density at radius 1 is 1.47 bits per heavy atom. The summed E-state index contributed by atoms with van der Waals surface area (Å²) in [6.07, 6.45) is 1.09. The second-order valence-corrected chi connectivity index (χ2v) is 4.51. The lowest BCUT2D eigenvalue weighted by Crippen LogP contribution is -2.14. The van der Waals surface area contributed by atoms with Crippen LogP contribution in [0.1, 0.15) is 5.56 Å². The predicted octanol–water partition coefficient (Wildman–Crippen LogP) is -0.231. The van der Waals surface area contributed by atoms with Crippen molar-refractivity contribution in [2.45, 2.75) is 4.90 Å². The van der Waals surface area contributed by atoms with Gasteiger partial charge in [-0.15, -0.1) is 0 Å². The summed E-state index contributed by atoms with van der Waals surface area (Å²) in [7, 11) is -3.85. The maximum absolute atomic E-state index is 11.2. The first-order chi connectivity index (χ1) is 7.91. The van der Waals surface area contributed by atoms with Gasteiger partial charge in [0.15, 0.2) is 0 Å². The molecule has 8 heteroatoms. The summed E-state index contributed by atoms with van der Waals surface area (Å²) in [6, 6.07) is 5.88. The van der Waals surface area contributed by atoms with E-state index >= 15 is 0 Å². The second kappa shape index (κ2) is 5.41. The smallest absolute Gasteiger partial charge is 0.344 e. The van der Waals surface area contributed by atoms with E-state index in [4.69, 9.17) is 10.2 Å². The molecule has 0 fully saturated rings. The fourth-order valence-corrected chi connectivity index (χ4v) is 1.75. The third-order valence-electron chi connectivity index (χ3n) is 1.68. The van der Waals surface area contributed by atoms with Crippen molar-refractivity contribution in [2.75, 3.05) is 6.61 Å². The molecule has 17 heavy (non-hydrogen) atoms. The van der Waals surface area contributed by atoms with Crippen molar-refractivity contribution in [3.05, 3.63) is 29.8 Å². The first-order valence-corrected chi connectivity index (χ1v) is 5.95. The molecule has 0 aromatic heterocycles. The van der Waals surface area contributed by atoms with Gasteiger partial charge in [0, 0.05) is 5.56 Å². The fourth-order valence-electron chi connectivity index (χ4n) is 1.03. The lowest BCUT2D eigenvalue weighted by Gasteiger charge is -2.01. The third kappa shape index (κ3) is 4.21. The highest BCUT2D eigenvalue weighted by atomic mass is 32.2. The van der Waals surface area contributed by atoms with E-state index in [0.717, 1.165) is 6.21 Å². The van der Waals surface area contributed by atoms with Crippen LogP contribution in [0.3, 0.4) is 0 Å². The van der Waals surface area contributed by atoms with Crippen LogP contribution in [0.2, 0.25) is 0 Å². The molecule has 0 unspecified atom stereocenters. The van der Waals surface area contributed by atoms with Gasteiger partial charge in [-0.25, -0.2) is 18.4 Å². The van der Waals surface area contributed by atoms with Crippen molar-refractivity contribution in [1.82, 2.24) is 0 Å². The van der Waals surface area contributed by atoms with Gasteiger partial charge in [-0.3, -0.25) is 0 Å². The average Bonchev–Trinajstić information content (AvgIpc) is 2.23. The molecule has 0 aliphatic carbocycles. The van der Waals surface area contributed by atoms with Gasteiger partial charge in [0.2, 0.25) is 16.6 Å². The lowest BCUT2D eigenvalue weighted by atomic mass is 10.2. The number of aliphatic carboxylic acids is 1. The average molecular weight is 258 g/mol. The summed E-state index contributed by atoms with van der Waals surface area (Å²) in [6.45, 7) is -0.603.